The number of piperidine rings is 1. The zero-order chi connectivity index (χ0) is 15.2. The van der Waals surface area contributed by atoms with Crippen LogP contribution in [0.3, 0.4) is 0 Å². The number of thiophene rings is 1. The summed E-state index contributed by atoms with van der Waals surface area (Å²) in [5.74, 6) is 1.14. The minimum absolute atomic E-state index is 0.239. The lowest BCUT2D eigenvalue weighted by Crippen LogP contribution is -2.42. The summed E-state index contributed by atoms with van der Waals surface area (Å²) in [7, 11) is 0. The van der Waals surface area contributed by atoms with E-state index in [-0.39, 0.29) is 5.91 Å². The first-order valence-corrected chi connectivity index (χ1v) is 8.74. The molecule has 1 aliphatic rings. The van der Waals surface area contributed by atoms with Gasteiger partial charge in [-0.15, -0.1) is 11.3 Å². The Kier molecular flexibility index (Phi) is 5.29. The molecule has 1 aliphatic heterocycles. The van der Waals surface area contributed by atoms with Gasteiger partial charge in [-0.1, -0.05) is 6.07 Å². The fraction of sp³-hybridized carbons (Fsp3) is 0.471. The molecular formula is C17H22N2O2S. The van der Waals surface area contributed by atoms with Gasteiger partial charge < -0.3 is 9.32 Å². The van der Waals surface area contributed by atoms with E-state index in [0.717, 1.165) is 38.2 Å². The fourth-order valence-corrected chi connectivity index (χ4v) is 3.59. The van der Waals surface area contributed by atoms with Crippen LogP contribution in [0.2, 0.25) is 0 Å². The third kappa shape index (κ3) is 4.21. The molecule has 2 aromatic rings. The van der Waals surface area contributed by atoms with Crippen LogP contribution in [0.15, 0.2) is 40.3 Å². The number of nitrogens with zero attached hydrogens (tertiary/aromatic N) is 2. The summed E-state index contributed by atoms with van der Waals surface area (Å²) in [5.41, 5.74) is 0. The molecule has 0 spiro atoms. The Bertz CT molecular complexity index is 523. The van der Waals surface area contributed by atoms with Crippen molar-refractivity contribution in [3.05, 3.63) is 46.5 Å². The lowest BCUT2D eigenvalue weighted by Gasteiger charge is -2.29. The van der Waals surface area contributed by atoms with Crippen LogP contribution in [0.4, 0.5) is 0 Å². The molecule has 0 N–H and O–H groups in total. The number of amides is 1. The van der Waals surface area contributed by atoms with Crippen molar-refractivity contribution in [2.24, 2.45) is 0 Å². The number of likely N-dealkylation sites (tertiary alicyclic amines) is 1. The van der Waals surface area contributed by atoms with Gasteiger partial charge >= 0.3 is 0 Å². The Morgan fingerprint density at radius 2 is 2.05 bits per heavy atom. The van der Waals surface area contributed by atoms with E-state index in [0.29, 0.717) is 13.1 Å². The Hall–Kier alpha value is -1.59. The first-order chi connectivity index (χ1) is 10.8. The van der Waals surface area contributed by atoms with Gasteiger partial charge in [0, 0.05) is 24.5 Å². The highest BCUT2D eigenvalue weighted by Crippen LogP contribution is 2.16. The predicted octanol–water partition coefficient (Wildman–Crippen LogP) is 3.36. The molecule has 5 heteroatoms. The minimum Gasteiger partial charge on any atom is -0.468 e. The van der Waals surface area contributed by atoms with E-state index in [1.165, 1.54) is 11.3 Å². The normalized spacial score (nSPS) is 15.4. The average Bonchev–Trinajstić information content (AvgIpc) is 3.22. The lowest BCUT2D eigenvalue weighted by atomic mass is 10.1. The van der Waals surface area contributed by atoms with Crippen molar-refractivity contribution in [1.82, 2.24) is 9.80 Å². The molecule has 118 valence electrons. The third-order valence-electron chi connectivity index (χ3n) is 3.99. The van der Waals surface area contributed by atoms with Crippen LogP contribution in [0.5, 0.6) is 0 Å². The first-order valence-electron chi connectivity index (χ1n) is 7.86. The van der Waals surface area contributed by atoms with Gasteiger partial charge in [-0.25, -0.2) is 0 Å². The Morgan fingerprint density at radius 3 is 2.73 bits per heavy atom. The quantitative estimate of drug-likeness (QED) is 0.819. The lowest BCUT2D eigenvalue weighted by molar-refractivity contribution is -0.133. The summed E-state index contributed by atoms with van der Waals surface area (Å²) >= 11 is 1.73. The zero-order valence-corrected chi connectivity index (χ0v) is 13.6. The monoisotopic (exact) mass is 318 g/mol. The molecule has 0 aliphatic carbocycles. The molecule has 0 radical (unpaired) electrons. The van der Waals surface area contributed by atoms with Crippen LogP contribution < -0.4 is 0 Å². The van der Waals surface area contributed by atoms with E-state index in [4.69, 9.17) is 4.42 Å². The zero-order valence-electron chi connectivity index (χ0n) is 12.7. The molecule has 1 fully saturated rings. The van der Waals surface area contributed by atoms with E-state index in [1.807, 2.05) is 17.0 Å². The van der Waals surface area contributed by atoms with Gasteiger partial charge in [0.1, 0.15) is 5.76 Å². The van der Waals surface area contributed by atoms with Gasteiger partial charge in [-0.3, -0.25) is 9.69 Å². The molecule has 22 heavy (non-hydrogen) atoms. The first kappa shape index (κ1) is 15.3. The van der Waals surface area contributed by atoms with Gasteiger partial charge in [-0.05, 0) is 42.8 Å². The van der Waals surface area contributed by atoms with E-state index >= 15 is 0 Å². The van der Waals surface area contributed by atoms with Crippen LogP contribution in [-0.2, 0) is 17.9 Å². The van der Waals surface area contributed by atoms with Crippen molar-refractivity contribution in [1.29, 1.82) is 0 Å². The van der Waals surface area contributed by atoms with Crippen molar-refractivity contribution in [2.45, 2.75) is 32.4 Å². The molecule has 0 atom stereocenters. The number of hydrogen-bond acceptors (Lipinski definition) is 4. The standard InChI is InChI=1S/C17H22N2O2S/c20-17(19-8-2-1-3-9-19)14-18(12-15-6-4-10-21-15)13-16-7-5-11-22-16/h4-7,10-11H,1-3,8-9,12-14H2. The Morgan fingerprint density at radius 1 is 1.18 bits per heavy atom. The molecule has 2 aromatic heterocycles. The Labute approximate surface area is 135 Å². The van der Waals surface area contributed by atoms with Crippen LogP contribution >= 0.6 is 11.3 Å². The fourth-order valence-electron chi connectivity index (χ4n) is 2.85. The number of rotatable bonds is 6. The summed E-state index contributed by atoms with van der Waals surface area (Å²) in [6.07, 6.45) is 5.20. The smallest absolute Gasteiger partial charge is 0.236 e. The van der Waals surface area contributed by atoms with E-state index < -0.39 is 0 Å². The highest BCUT2D eigenvalue weighted by Gasteiger charge is 2.20. The Balaban J connectivity index is 1.63. The SMILES string of the molecule is O=C(CN(Cc1ccco1)Cc1cccs1)N1CCCCC1. The molecule has 1 amide bonds. The summed E-state index contributed by atoms with van der Waals surface area (Å²) < 4.78 is 5.45. The van der Waals surface area contributed by atoms with Crippen LogP contribution in [0.25, 0.3) is 0 Å². The molecule has 3 heterocycles. The predicted molar refractivity (Wildman–Crippen MR) is 87.6 cm³/mol. The average molecular weight is 318 g/mol. The molecule has 1 saturated heterocycles. The van der Waals surface area contributed by atoms with E-state index in [2.05, 4.69) is 22.4 Å². The molecule has 0 unspecified atom stereocenters. The van der Waals surface area contributed by atoms with Gasteiger partial charge in [0.25, 0.3) is 0 Å². The van der Waals surface area contributed by atoms with Crippen LogP contribution in [-0.4, -0.2) is 35.3 Å². The number of hydrogen-bond donors (Lipinski definition) is 0. The van der Waals surface area contributed by atoms with Crippen molar-refractivity contribution >= 4 is 17.2 Å². The number of carbonyl (C=O) groups excluding carboxylic acids is 1. The van der Waals surface area contributed by atoms with E-state index in [9.17, 15) is 4.79 Å². The molecule has 0 bridgehead atoms. The summed E-state index contributed by atoms with van der Waals surface area (Å²) in [5, 5.41) is 2.08. The van der Waals surface area contributed by atoms with E-state index in [1.54, 1.807) is 17.6 Å². The minimum atomic E-state index is 0.239. The topological polar surface area (TPSA) is 36.7 Å². The van der Waals surface area contributed by atoms with Gasteiger partial charge in [0.05, 0.1) is 19.4 Å². The maximum Gasteiger partial charge on any atom is 0.236 e. The van der Waals surface area contributed by atoms with Crippen molar-refractivity contribution < 1.29 is 9.21 Å². The largest absolute Gasteiger partial charge is 0.468 e. The van der Waals surface area contributed by atoms with Crippen LogP contribution in [0.1, 0.15) is 29.9 Å². The maximum atomic E-state index is 12.5. The van der Waals surface area contributed by atoms with Crippen LogP contribution in [0, 0.1) is 0 Å². The van der Waals surface area contributed by atoms with Gasteiger partial charge in [-0.2, -0.15) is 0 Å². The van der Waals surface area contributed by atoms with Gasteiger partial charge in [0.2, 0.25) is 5.91 Å². The van der Waals surface area contributed by atoms with Crippen molar-refractivity contribution in [2.75, 3.05) is 19.6 Å². The molecular weight excluding hydrogens is 296 g/mol. The number of carbonyl (C=O) groups is 1. The summed E-state index contributed by atoms with van der Waals surface area (Å²) in [6.45, 7) is 3.74. The molecule has 0 saturated carbocycles. The molecule has 3 rings (SSSR count). The van der Waals surface area contributed by atoms with Crippen molar-refractivity contribution in [3.8, 4) is 0 Å². The second-order valence-electron chi connectivity index (χ2n) is 5.75. The van der Waals surface area contributed by atoms with Crippen molar-refractivity contribution in [3.63, 3.8) is 0 Å². The second kappa shape index (κ2) is 7.61. The maximum absolute atomic E-state index is 12.5. The second-order valence-corrected chi connectivity index (χ2v) is 6.78. The highest BCUT2D eigenvalue weighted by atomic mass is 32.1. The van der Waals surface area contributed by atoms with Gasteiger partial charge in [0.15, 0.2) is 0 Å². The molecule has 4 nitrogen and oxygen atoms in total. The number of furan rings is 1. The third-order valence-corrected chi connectivity index (χ3v) is 4.85. The summed E-state index contributed by atoms with van der Waals surface area (Å²) in [4.78, 5) is 18.0. The molecule has 0 aromatic carbocycles. The summed E-state index contributed by atoms with van der Waals surface area (Å²) in [6, 6.07) is 8.03. The highest BCUT2D eigenvalue weighted by molar-refractivity contribution is 7.09.